The SMILES string of the molecule is C/C=C1\C(=NC)C=CC(C(=O)NCCO)=C1OCC. The average Bonchev–Trinajstić information content (AvgIpc) is 2.44. The normalized spacial score (nSPS) is 19.2. The van der Waals surface area contributed by atoms with Crippen LogP contribution in [0.2, 0.25) is 0 Å². The van der Waals surface area contributed by atoms with Crippen LogP contribution in [-0.2, 0) is 9.53 Å². The molecule has 2 N–H and O–H groups in total. The molecule has 0 unspecified atom stereocenters. The fourth-order valence-electron chi connectivity index (χ4n) is 1.81. The van der Waals surface area contributed by atoms with Gasteiger partial charge in [-0.05, 0) is 26.0 Å². The number of hydrogen-bond donors (Lipinski definition) is 2. The van der Waals surface area contributed by atoms with Crippen LogP contribution >= 0.6 is 0 Å². The van der Waals surface area contributed by atoms with Crippen molar-refractivity contribution < 1.29 is 14.6 Å². The summed E-state index contributed by atoms with van der Waals surface area (Å²) in [7, 11) is 1.70. The first-order chi connectivity index (χ1) is 9.19. The summed E-state index contributed by atoms with van der Waals surface area (Å²) in [5, 5.41) is 11.4. The van der Waals surface area contributed by atoms with Crippen molar-refractivity contribution in [1.29, 1.82) is 0 Å². The molecule has 0 aromatic carbocycles. The molecule has 5 nitrogen and oxygen atoms in total. The van der Waals surface area contributed by atoms with Crippen molar-refractivity contribution in [3.8, 4) is 0 Å². The molecule has 19 heavy (non-hydrogen) atoms. The van der Waals surface area contributed by atoms with Crippen LogP contribution < -0.4 is 5.32 Å². The van der Waals surface area contributed by atoms with Gasteiger partial charge in [-0.3, -0.25) is 9.79 Å². The zero-order chi connectivity index (χ0) is 14.3. The van der Waals surface area contributed by atoms with E-state index in [9.17, 15) is 4.79 Å². The molecule has 0 aliphatic heterocycles. The van der Waals surface area contributed by atoms with Gasteiger partial charge in [0.2, 0.25) is 0 Å². The Hall–Kier alpha value is -1.88. The first-order valence-corrected chi connectivity index (χ1v) is 6.27. The molecule has 104 valence electrons. The molecule has 0 fully saturated rings. The van der Waals surface area contributed by atoms with Gasteiger partial charge >= 0.3 is 0 Å². The zero-order valence-corrected chi connectivity index (χ0v) is 11.6. The Balaban J connectivity index is 3.15. The van der Waals surface area contributed by atoms with Gasteiger partial charge in [0, 0.05) is 19.2 Å². The van der Waals surface area contributed by atoms with Crippen LogP contribution in [-0.4, -0.2) is 43.5 Å². The number of nitrogens with one attached hydrogen (secondary N) is 1. The molecule has 0 saturated carbocycles. The maximum absolute atomic E-state index is 12.0. The number of carbonyl (C=O) groups is 1. The van der Waals surface area contributed by atoms with Gasteiger partial charge in [0.1, 0.15) is 5.76 Å². The van der Waals surface area contributed by atoms with Gasteiger partial charge in [-0.25, -0.2) is 0 Å². The van der Waals surface area contributed by atoms with E-state index in [1.54, 1.807) is 19.2 Å². The number of ether oxygens (including phenoxy) is 1. The molecule has 0 heterocycles. The Morgan fingerprint density at radius 1 is 1.53 bits per heavy atom. The topological polar surface area (TPSA) is 70.9 Å². The quantitative estimate of drug-likeness (QED) is 0.777. The smallest absolute Gasteiger partial charge is 0.255 e. The molecule has 0 aromatic rings. The maximum Gasteiger partial charge on any atom is 0.255 e. The number of nitrogens with zero attached hydrogens (tertiary/aromatic N) is 1. The summed E-state index contributed by atoms with van der Waals surface area (Å²) >= 11 is 0. The number of aliphatic hydroxyl groups is 1. The maximum atomic E-state index is 12.0. The van der Waals surface area contributed by atoms with Crippen LogP contribution in [0.5, 0.6) is 0 Å². The van der Waals surface area contributed by atoms with Gasteiger partial charge in [-0.2, -0.15) is 0 Å². The molecule has 0 aromatic heterocycles. The van der Waals surface area contributed by atoms with Crippen molar-refractivity contribution in [1.82, 2.24) is 5.32 Å². The lowest BCUT2D eigenvalue weighted by Crippen LogP contribution is -2.30. The summed E-state index contributed by atoms with van der Waals surface area (Å²) in [5.41, 5.74) is 2.04. The second-order valence-electron chi connectivity index (χ2n) is 3.80. The minimum absolute atomic E-state index is 0.0924. The second-order valence-corrected chi connectivity index (χ2v) is 3.80. The predicted molar refractivity (Wildman–Crippen MR) is 75.0 cm³/mol. The van der Waals surface area contributed by atoms with E-state index in [2.05, 4.69) is 10.3 Å². The molecule has 0 bridgehead atoms. The third kappa shape index (κ3) is 3.54. The molecule has 1 aliphatic carbocycles. The monoisotopic (exact) mass is 264 g/mol. The van der Waals surface area contributed by atoms with E-state index in [1.165, 1.54) is 0 Å². The summed E-state index contributed by atoms with van der Waals surface area (Å²) < 4.78 is 5.59. The van der Waals surface area contributed by atoms with Crippen molar-refractivity contribution in [2.45, 2.75) is 13.8 Å². The van der Waals surface area contributed by atoms with Gasteiger partial charge in [0.05, 0.1) is 24.5 Å². The van der Waals surface area contributed by atoms with Crippen molar-refractivity contribution in [3.05, 3.63) is 35.1 Å². The third-order valence-electron chi connectivity index (χ3n) is 2.63. The van der Waals surface area contributed by atoms with Gasteiger partial charge in [-0.1, -0.05) is 6.08 Å². The van der Waals surface area contributed by atoms with E-state index in [0.717, 1.165) is 11.3 Å². The molecule has 0 saturated heterocycles. The second kappa shape index (κ2) is 7.53. The molecule has 0 atom stereocenters. The Morgan fingerprint density at radius 2 is 2.26 bits per heavy atom. The van der Waals surface area contributed by atoms with Gasteiger partial charge < -0.3 is 15.2 Å². The lowest BCUT2D eigenvalue weighted by molar-refractivity contribution is -0.117. The molecule has 0 radical (unpaired) electrons. The van der Waals surface area contributed by atoms with Crippen LogP contribution in [0.4, 0.5) is 0 Å². The molecular weight excluding hydrogens is 244 g/mol. The fraction of sp³-hybridized carbons (Fsp3) is 0.429. The highest BCUT2D eigenvalue weighted by Gasteiger charge is 2.23. The highest BCUT2D eigenvalue weighted by atomic mass is 16.5. The zero-order valence-electron chi connectivity index (χ0n) is 11.6. The van der Waals surface area contributed by atoms with Crippen molar-refractivity contribution >= 4 is 11.6 Å². The molecular formula is C14H20N2O3. The minimum atomic E-state index is -0.261. The number of allylic oxidation sites excluding steroid dienone is 3. The highest BCUT2D eigenvalue weighted by Crippen LogP contribution is 2.24. The van der Waals surface area contributed by atoms with Crippen LogP contribution in [0.25, 0.3) is 0 Å². The summed E-state index contributed by atoms with van der Waals surface area (Å²) in [6.07, 6.45) is 5.34. The van der Waals surface area contributed by atoms with E-state index in [4.69, 9.17) is 9.84 Å². The number of hydrogen-bond acceptors (Lipinski definition) is 4. The first-order valence-electron chi connectivity index (χ1n) is 6.27. The van der Waals surface area contributed by atoms with Crippen molar-refractivity contribution in [2.24, 2.45) is 4.99 Å². The number of aliphatic hydroxyl groups excluding tert-OH is 1. The van der Waals surface area contributed by atoms with Crippen molar-refractivity contribution in [2.75, 3.05) is 26.8 Å². The molecule has 1 rings (SSSR count). The molecule has 5 heteroatoms. The molecule has 0 spiro atoms. The molecule has 1 aliphatic rings. The lowest BCUT2D eigenvalue weighted by Gasteiger charge is -2.19. The van der Waals surface area contributed by atoms with Crippen molar-refractivity contribution in [3.63, 3.8) is 0 Å². The van der Waals surface area contributed by atoms with E-state index in [1.807, 2.05) is 19.9 Å². The largest absolute Gasteiger partial charge is 0.492 e. The summed E-state index contributed by atoms with van der Waals surface area (Å²) in [4.78, 5) is 16.2. The Morgan fingerprint density at radius 3 is 2.79 bits per heavy atom. The number of aliphatic imine (C=N–C) groups is 1. The summed E-state index contributed by atoms with van der Waals surface area (Å²) in [5.74, 6) is 0.270. The predicted octanol–water partition coefficient (Wildman–Crippen LogP) is 0.972. The van der Waals surface area contributed by atoms with Crippen LogP contribution in [0.3, 0.4) is 0 Å². The first kappa shape index (κ1) is 15.2. The number of amides is 1. The summed E-state index contributed by atoms with van der Waals surface area (Å²) in [6, 6.07) is 0. The fourth-order valence-corrected chi connectivity index (χ4v) is 1.81. The van der Waals surface area contributed by atoms with Gasteiger partial charge in [0.15, 0.2) is 0 Å². The van der Waals surface area contributed by atoms with E-state index in [0.29, 0.717) is 17.9 Å². The minimum Gasteiger partial charge on any atom is -0.492 e. The third-order valence-corrected chi connectivity index (χ3v) is 2.63. The highest BCUT2D eigenvalue weighted by molar-refractivity contribution is 6.16. The van der Waals surface area contributed by atoms with Gasteiger partial charge in [0.25, 0.3) is 5.91 Å². The Bertz CT molecular complexity index is 459. The van der Waals surface area contributed by atoms with Crippen LogP contribution in [0.15, 0.2) is 40.1 Å². The Labute approximate surface area is 113 Å². The number of rotatable bonds is 5. The van der Waals surface area contributed by atoms with E-state index >= 15 is 0 Å². The lowest BCUT2D eigenvalue weighted by atomic mass is 9.96. The van der Waals surface area contributed by atoms with Crippen LogP contribution in [0.1, 0.15) is 13.8 Å². The average molecular weight is 264 g/mol. The molecule has 1 amide bonds. The Kier molecular flexibility index (Phi) is 6.02. The van der Waals surface area contributed by atoms with Crippen LogP contribution in [0, 0.1) is 0 Å². The van der Waals surface area contributed by atoms with E-state index < -0.39 is 0 Å². The summed E-state index contributed by atoms with van der Waals surface area (Å²) in [6.45, 7) is 4.33. The van der Waals surface area contributed by atoms with Gasteiger partial charge in [-0.15, -0.1) is 0 Å². The number of carbonyl (C=O) groups excluding carboxylic acids is 1. The standard InChI is InChI=1S/C14H20N2O3/c1-4-10-12(15-3)7-6-11(13(10)19-5-2)14(18)16-8-9-17/h4,6-7,17H,5,8-9H2,1-3H3,(H,16,18)/b10-4+,15-12?. The van der Waals surface area contributed by atoms with E-state index in [-0.39, 0.29) is 19.1 Å².